The lowest BCUT2D eigenvalue weighted by molar-refractivity contribution is 0.0592. The first kappa shape index (κ1) is 48.2. The molecule has 12 rings (SSSR count). The van der Waals surface area contributed by atoms with E-state index in [1.54, 1.807) is 0 Å². The number of piperidine rings is 2. The first-order valence-corrected chi connectivity index (χ1v) is 26.3. The van der Waals surface area contributed by atoms with Crippen molar-refractivity contribution >= 4 is 11.9 Å². The van der Waals surface area contributed by atoms with Gasteiger partial charge in [-0.25, -0.2) is 9.59 Å². The fraction of sp³-hybridized carbons (Fsp3) is 0.483. The van der Waals surface area contributed by atoms with Gasteiger partial charge in [0.1, 0.15) is 0 Å². The van der Waals surface area contributed by atoms with Gasteiger partial charge in [0.15, 0.2) is 11.6 Å². The molecule has 6 aliphatic rings. The van der Waals surface area contributed by atoms with Crippen molar-refractivity contribution in [2.45, 2.75) is 124 Å². The van der Waals surface area contributed by atoms with Crippen molar-refractivity contribution in [2.75, 3.05) is 53.5 Å². The van der Waals surface area contributed by atoms with Crippen LogP contribution in [0, 0.1) is 0 Å². The number of hydrogen-bond donors (Lipinski definition) is 2. The second kappa shape index (κ2) is 21.2. The molecule has 2 N–H and O–H groups in total. The number of methoxy groups -OCH3 is 2. The molecule has 4 aliphatic carbocycles. The lowest BCUT2D eigenvalue weighted by Gasteiger charge is -2.30. The number of nitrogens with zero attached hydrogens (tertiary/aromatic N) is 6. The smallest absolute Gasteiger partial charge is 0.337 e. The van der Waals surface area contributed by atoms with Gasteiger partial charge >= 0.3 is 11.9 Å². The molecule has 72 heavy (non-hydrogen) atoms. The van der Waals surface area contributed by atoms with Crippen molar-refractivity contribution in [3.8, 4) is 0 Å². The molecule has 4 saturated carbocycles. The zero-order valence-corrected chi connectivity index (χ0v) is 41.7. The molecule has 6 aromatic rings. The third kappa shape index (κ3) is 11.3. The Kier molecular flexibility index (Phi) is 14.2. The molecule has 376 valence electrons. The normalized spacial score (nSPS) is 23.4. The molecule has 2 aliphatic heterocycles. The number of likely N-dealkylation sites (tertiary alicyclic amines) is 2. The number of carbonyl (C=O) groups excluding carboxylic acids is 2. The van der Waals surface area contributed by atoms with E-state index < -0.39 is 0 Å². The lowest BCUT2D eigenvalue weighted by Crippen LogP contribution is -2.32. The van der Waals surface area contributed by atoms with Crippen LogP contribution in [0.3, 0.4) is 0 Å². The van der Waals surface area contributed by atoms with Gasteiger partial charge in [0.2, 0.25) is 11.8 Å². The van der Waals surface area contributed by atoms with Crippen LogP contribution in [0.4, 0.5) is 0 Å². The minimum atomic E-state index is -0.297. The van der Waals surface area contributed by atoms with Crippen LogP contribution in [0.1, 0.15) is 154 Å². The molecular weight excluding hydrogens is 905 g/mol. The maximum Gasteiger partial charge on any atom is 0.337 e. The lowest BCUT2D eigenvalue weighted by atomic mass is 9.96. The highest BCUT2D eigenvalue weighted by Crippen LogP contribution is 2.50. The summed E-state index contributed by atoms with van der Waals surface area (Å²) in [5.41, 5.74) is 6.57. The highest BCUT2D eigenvalue weighted by atomic mass is 16.5. The van der Waals surface area contributed by atoms with E-state index in [4.69, 9.17) is 28.5 Å². The molecule has 14 heteroatoms. The summed E-state index contributed by atoms with van der Waals surface area (Å²) in [7, 11) is 2.81. The molecule has 0 radical (unpaired) electrons. The summed E-state index contributed by atoms with van der Waals surface area (Å²) in [5.74, 6) is 4.77. The van der Waals surface area contributed by atoms with Gasteiger partial charge in [0.25, 0.3) is 0 Å². The van der Waals surface area contributed by atoms with Crippen LogP contribution >= 0.6 is 0 Å². The Labute approximate surface area is 422 Å². The summed E-state index contributed by atoms with van der Waals surface area (Å²) in [5, 5.41) is 16.4. The predicted octanol–water partition coefficient (Wildman–Crippen LogP) is 8.83. The second-order valence-electron chi connectivity index (χ2n) is 21.4. The Morgan fingerprint density at radius 1 is 0.556 bits per heavy atom. The van der Waals surface area contributed by atoms with E-state index in [0.717, 1.165) is 127 Å². The van der Waals surface area contributed by atoms with Crippen LogP contribution in [0.5, 0.6) is 0 Å². The van der Waals surface area contributed by atoms with Gasteiger partial charge in [-0.15, -0.1) is 0 Å². The molecular formula is C58H68N8O6. The number of nitrogens with one attached hydrogen (secondary N) is 2. The summed E-state index contributed by atoms with van der Waals surface area (Å²) in [4.78, 5) is 38.0. The summed E-state index contributed by atoms with van der Waals surface area (Å²) in [6.45, 7) is 7.62. The van der Waals surface area contributed by atoms with Gasteiger partial charge in [0.05, 0.1) is 25.3 Å². The van der Waals surface area contributed by atoms with Gasteiger partial charge in [-0.05, 0) is 137 Å². The number of rotatable bonds is 18. The van der Waals surface area contributed by atoms with Crippen LogP contribution in [0.2, 0.25) is 0 Å². The second-order valence-corrected chi connectivity index (χ2v) is 21.4. The molecule has 2 unspecified atom stereocenters. The predicted molar refractivity (Wildman–Crippen MR) is 272 cm³/mol. The van der Waals surface area contributed by atoms with E-state index in [0.29, 0.717) is 46.9 Å². The molecule has 14 nitrogen and oxygen atoms in total. The topological polar surface area (TPSA) is 161 Å². The first-order valence-electron chi connectivity index (χ1n) is 26.3. The molecule has 2 aromatic heterocycles. The molecule has 0 bridgehead atoms. The van der Waals surface area contributed by atoms with Crippen LogP contribution in [0.25, 0.3) is 0 Å². The van der Waals surface area contributed by atoms with E-state index in [1.165, 1.54) is 49.3 Å². The summed E-state index contributed by atoms with van der Waals surface area (Å²) < 4.78 is 21.1. The van der Waals surface area contributed by atoms with Crippen molar-refractivity contribution in [2.24, 2.45) is 0 Å². The number of hydrogen-bond acceptors (Lipinski definition) is 14. The third-order valence-corrected chi connectivity index (χ3v) is 16.4. The highest BCUT2D eigenvalue weighted by molar-refractivity contribution is 5.89. The molecule has 4 heterocycles. The quantitative estimate of drug-likeness (QED) is 0.0787. The average molecular weight is 973 g/mol. The molecule has 2 saturated heterocycles. The largest absolute Gasteiger partial charge is 0.465 e. The Balaban J connectivity index is 0.000000156. The van der Waals surface area contributed by atoms with Crippen molar-refractivity contribution in [1.29, 1.82) is 0 Å². The van der Waals surface area contributed by atoms with E-state index in [2.05, 4.69) is 91.4 Å². The van der Waals surface area contributed by atoms with Gasteiger partial charge in [0, 0.05) is 72.8 Å². The summed E-state index contributed by atoms with van der Waals surface area (Å²) in [6, 6.07) is 38.1. The highest BCUT2D eigenvalue weighted by Gasteiger charge is 2.52. The van der Waals surface area contributed by atoms with E-state index in [1.807, 2.05) is 48.5 Å². The van der Waals surface area contributed by atoms with Crippen molar-refractivity contribution < 1.29 is 28.1 Å². The number of benzene rings is 4. The monoisotopic (exact) mass is 973 g/mol. The number of carbonyl (C=O) groups is 2. The fourth-order valence-electron chi connectivity index (χ4n) is 11.0. The summed E-state index contributed by atoms with van der Waals surface area (Å²) >= 11 is 0. The zero-order chi connectivity index (χ0) is 49.1. The van der Waals surface area contributed by atoms with Crippen molar-refractivity contribution in [3.05, 3.63) is 166 Å². The van der Waals surface area contributed by atoms with Gasteiger partial charge in [-0.3, -0.25) is 9.80 Å². The van der Waals surface area contributed by atoms with Crippen LogP contribution < -0.4 is 10.6 Å². The van der Waals surface area contributed by atoms with Gasteiger partial charge in [-0.2, -0.15) is 9.97 Å². The Bertz CT molecular complexity index is 2550. The van der Waals surface area contributed by atoms with E-state index in [9.17, 15) is 9.59 Å². The van der Waals surface area contributed by atoms with Crippen LogP contribution in [-0.2, 0) is 33.4 Å². The maximum atomic E-state index is 11.6. The molecule has 0 amide bonds. The summed E-state index contributed by atoms with van der Waals surface area (Å²) in [6.07, 6.45) is 11.1. The molecule has 0 spiro atoms. The van der Waals surface area contributed by atoms with E-state index >= 15 is 0 Å². The van der Waals surface area contributed by atoms with Crippen molar-refractivity contribution in [1.82, 2.24) is 40.7 Å². The molecule has 4 aromatic carbocycles. The molecule has 6 fully saturated rings. The fourth-order valence-corrected chi connectivity index (χ4v) is 11.0. The number of esters is 2. The van der Waals surface area contributed by atoms with Gasteiger partial charge < -0.3 is 29.2 Å². The standard InChI is InChI=1S/2C29H34N4O3/c2*1-35-27(34)23-9-7-20(8-10-23)18-33-15-11-22(12-16-33)26-31-28(32-36-26)29(13-14-29)19-30-25-17-24(25)21-5-3-2-4-6-21/h2*2-10,22,24-25,30H,11-19H2,1H3/t2*24?,25-/m10/s1. The number of aromatic nitrogens is 4. The average Bonchev–Trinajstić information content (AvgIpc) is 4.35. The Morgan fingerprint density at radius 2 is 0.931 bits per heavy atom. The third-order valence-electron chi connectivity index (χ3n) is 16.4. The SMILES string of the molecule is COC(=O)c1ccc(CN2CCC(c3nc(C4(CN[C@@H]5CC5c5ccccc5)CC4)no3)CC2)cc1.COC(=O)c1ccc(CN2CCC(c3nc(C4(CN[C@H]5CC5c5ccccc5)CC4)no3)CC2)cc1. The maximum absolute atomic E-state index is 11.6. The number of ether oxygens (including phenoxy) is 2. The van der Waals surface area contributed by atoms with Crippen molar-refractivity contribution in [3.63, 3.8) is 0 Å². The zero-order valence-electron chi connectivity index (χ0n) is 41.7. The molecule has 4 atom stereocenters. The minimum absolute atomic E-state index is 0.0582. The van der Waals surface area contributed by atoms with Gasteiger partial charge in [-0.1, -0.05) is 95.2 Å². The minimum Gasteiger partial charge on any atom is -0.465 e. The van der Waals surface area contributed by atoms with Crippen LogP contribution in [0.15, 0.2) is 118 Å². The Hall–Kier alpha value is -6.06. The van der Waals surface area contributed by atoms with E-state index in [-0.39, 0.29) is 22.8 Å². The first-order chi connectivity index (χ1) is 35.3. The Morgan fingerprint density at radius 3 is 1.28 bits per heavy atom. The van der Waals surface area contributed by atoms with Crippen LogP contribution in [-0.4, -0.2) is 108 Å².